The third-order valence-corrected chi connectivity index (χ3v) is 4.36. The fourth-order valence-electron chi connectivity index (χ4n) is 2.51. The van der Waals surface area contributed by atoms with Gasteiger partial charge in [-0.25, -0.2) is 0 Å². The molecule has 0 bridgehead atoms. The molecule has 0 aliphatic carbocycles. The van der Waals surface area contributed by atoms with E-state index in [0.717, 1.165) is 11.0 Å². The molecule has 3 rings (SSSR count). The van der Waals surface area contributed by atoms with E-state index in [1.165, 1.54) is 23.4 Å². The smallest absolute Gasteiger partial charge is 0.262 e. The molecule has 0 fully saturated rings. The van der Waals surface area contributed by atoms with Gasteiger partial charge in [-0.2, -0.15) is 0 Å². The molecule has 1 aliphatic rings. The van der Waals surface area contributed by atoms with Crippen molar-refractivity contribution in [1.29, 1.82) is 0 Å². The van der Waals surface area contributed by atoms with E-state index in [4.69, 9.17) is 10.5 Å². The predicted octanol–water partition coefficient (Wildman–Crippen LogP) is 1.03. The Kier molecular flexibility index (Phi) is 3.61. The van der Waals surface area contributed by atoms with Gasteiger partial charge in [0.05, 0.1) is 23.9 Å². The highest BCUT2D eigenvalue weighted by atomic mass is 32.2. The van der Waals surface area contributed by atoms with Crippen molar-refractivity contribution >= 4 is 29.4 Å². The molecule has 1 aromatic heterocycles. The molecule has 0 saturated carbocycles. The van der Waals surface area contributed by atoms with Crippen LogP contribution in [0.1, 0.15) is 20.7 Å². The fourth-order valence-corrected chi connectivity index (χ4v) is 3.06. The molecule has 8 heteroatoms. The Hall–Kier alpha value is -2.74. The zero-order valence-corrected chi connectivity index (χ0v) is 13.2. The van der Waals surface area contributed by atoms with Crippen molar-refractivity contribution in [2.45, 2.75) is 4.90 Å². The van der Waals surface area contributed by atoms with Crippen molar-refractivity contribution in [3.05, 3.63) is 45.7 Å². The highest BCUT2D eigenvalue weighted by molar-refractivity contribution is 7.98. The summed E-state index contributed by atoms with van der Waals surface area (Å²) < 4.78 is 6.48. The van der Waals surface area contributed by atoms with Crippen LogP contribution in [-0.4, -0.2) is 29.7 Å². The number of methoxy groups -OCH3 is 1. The first-order chi connectivity index (χ1) is 11.0. The largest absolute Gasteiger partial charge is 0.496 e. The number of carbonyl (C=O) groups is 2. The van der Waals surface area contributed by atoms with Crippen LogP contribution in [-0.2, 0) is 0 Å². The fraction of sp³-hybridized carbons (Fsp3) is 0.133. The summed E-state index contributed by atoms with van der Waals surface area (Å²) in [5.41, 5.74) is 5.96. The Morgan fingerprint density at radius 2 is 1.91 bits per heavy atom. The van der Waals surface area contributed by atoms with Crippen LogP contribution in [0, 0.1) is 0 Å². The van der Waals surface area contributed by atoms with Gasteiger partial charge in [-0.05, 0) is 18.4 Å². The van der Waals surface area contributed by atoms with Crippen molar-refractivity contribution < 1.29 is 14.3 Å². The van der Waals surface area contributed by atoms with Crippen molar-refractivity contribution in [2.24, 2.45) is 0 Å². The third kappa shape index (κ3) is 2.27. The minimum atomic E-state index is -0.615. The van der Waals surface area contributed by atoms with Gasteiger partial charge in [-0.3, -0.25) is 24.3 Å². The van der Waals surface area contributed by atoms with Gasteiger partial charge in [0.15, 0.2) is 0 Å². The summed E-state index contributed by atoms with van der Waals surface area (Å²) in [5.74, 6) is -0.711. The number of benzene rings is 1. The van der Waals surface area contributed by atoms with Gasteiger partial charge in [-0.1, -0.05) is 0 Å². The summed E-state index contributed by atoms with van der Waals surface area (Å²) in [5, 5.41) is 2.13. The predicted molar refractivity (Wildman–Crippen MR) is 86.6 cm³/mol. The molecule has 23 heavy (non-hydrogen) atoms. The van der Waals surface area contributed by atoms with Crippen LogP contribution in [0.3, 0.4) is 0 Å². The average Bonchev–Trinajstić information content (AvgIpc) is 2.81. The Morgan fingerprint density at radius 3 is 2.57 bits per heavy atom. The van der Waals surface area contributed by atoms with E-state index in [2.05, 4.69) is 5.32 Å². The number of fused-ring (bicyclic) bond motifs is 1. The molecular weight excluding hydrogens is 318 g/mol. The van der Waals surface area contributed by atoms with Crippen LogP contribution in [0.15, 0.2) is 34.0 Å². The van der Waals surface area contributed by atoms with Crippen LogP contribution < -0.4 is 21.3 Å². The molecule has 2 amide bonds. The number of pyridine rings is 1. The van der Waals surface area contributed by atoms with E-state index in [0.29, 0.717) is 11.4 Å². The number of thioether (sulfide) groups is 1. The summed E-state index contributed by atoms with van der Waals surface area (Å²) >= 11 is 1.50. The van der Waals surface area contributed by atoms with Crippen molar-refractivity contribution in [3.8, 4) is 11.4 Å². The Labute approximate surface area is 135 Å². The minimum Gasteiger partial charge on any atom is -0.496 e. The molecule has 0 spiro atoms. The van der Waals surface area contributed by atoms with Crippen LogP contribution in [0.25, 0.3) is 5.69 Å². The lowest BCUT2D eigenvalue weighted by atomic mass is 10.1. The normalized spacial score (nSPS) is 13.0. The molecule has 2 aromatic rings. The van der Waals surface area contributed by atoms with Crippen LogP contribution >= 0.6 is 11.8 Å². The van der Waals surface area contributed by atoms with Gasteiger partial charge in [0.1, 0.15) is 11.6 Å². The lowest BCUT2D eigenvalue weighted by Crippen LogP contribution is -2.24. The molecular formula is C15H13N3O4S. The number of nitrogens with zero attached hydrogens (tertiary/aromatic N) is 1. The number of nitrogens with one attached hydrogen (secondary N) is 1. The van der Waals surface area contributed by atoms with Gasteiger partial charge < -0.3 is 10.5 Å². The van der Waals surface area contributed by atoms with Gasteiger partial charge in [0.25, 0.3) is 17.4 Å². The first-order valence-electron chi connectivity index (χ1n) is 6.61. The Balaban J connectivity index is 2.26. The van der Waals surface area contributed by atoms with Crippen LogP contribution in [0.2, 0.25) is 0 Å². The SMILES string of the molecule is COc1cc(-n2c(N)c3c(cc2=O)C(=O)NC3=O)ccc1SC. The molecule has 0 atom stereocenters. The number of imide groups is 1. The Bertz CT molecular complexity index is 904. The molecule has 1 aromatic carbocycles. The van der Waals surface area contributed by atoms with Crippen molar-refractivity contribution in [3.63, 3.8) is 0 Å². The molecule has 7 nitrogen and oxygen atoms in total. The molecule has 0 unspecified atom stereocenters. The standard InChI is InChI=1S/C15H13N3O4S/c1-22-9-5-7(3-4-10(9)23-2)18-11(19)6-8-12(13(18)16)15(21)17-14(8)20/h3-6H,16H2,1-2H3,(H,17,20,21). The van der Waals surface area contributed by atoms with Crippen LogP contribution in [0.5, 0.6) is 5.75 Å². The number of nitrogen functional groups attached to an aromatic ring is 1. The molecule has 1 aliphatic heterocycles. The summed E-state index contributed by atoms with van der Waals surface area (Å²) in [7, 11) is 1.53. The minimum absolute atomic E-state index is 0.00134. The number of amides is 2. The number of aromatic nitrogens is 1. The van der Waals surface area contributed by atoms with E-state index in [9.17, 15) is 14.4 Å². The number of hydrogen-bond donors (Lipinski definition) is 2. The second kappa shape index (κ2) is 5.47. The van der Waals surface area contributed by atoms with E-state index in [-0.39, 0.29) is 16.9 Å². The molecule has 0 saturated heterocycles. The van der Waals surface area contributed by atoms with Gasteiger partial charge in [0, 0.05) is 17.0 Å². The van der Waals surface area contributed by atoms with E-state index in [1.54, 1.807) is 18.2 Å². The van der Waals surface area contributed by atoms with Crippen LogP contribution in [0.4, 0.5) is 5.82 Å². The highest BCUT2D eigenvalue weighted by Crippen LogP contribution is 2.31. The highest BCUT2D eigenvalue weighted by Gasteiger charge is 2.31. The second-order valence-corrected chi connectivity index (χ2v) is 5.66. The van der Waals surface area contributed by atoms with E-state index >= 15 is 0 Å². The average molecular weight is 331 g/mol. The number of carbonyl (C=O) groups excluding carboxylic acids is 2. The topological polar surface area (TPSA) is 103 Å². The zero-order chi connectivity index (χ0) is 16.7. The maximum atomic E-state index is 12.4. The van der Waals surface area contributed by atoms with Gasteiger partial charge >= 0.3 is 0 Å². The molecule has 2 heterocycles. The van der Waals surface area contributed by atoms with Gasteiger partial charge in [-0.15, -0.1) is 11.8 Å². The zero-order valence-electron chi connectivity index (χ0n) is 12.4. The van der Waals surface area contributed by atoms with Crippen molar-refractivity contribution in [1.82, 2.24) is 9.88 Å². The van der Waals surface area contributed by atoms with Gasteiger partial charge in [0.2, 0.25) is 0 Å². The third-order valence-electron chi connectivity index (χ3n) is 3.58. The first-order valence-corrected chi connectivity index (χ1v) is 7.84. The molecule has 3 N–H and O–H groups in total. The number of anilines is 1. The summed E-state index contributed by atoms with van der Waals surface area (Å²) in [6, 6.07) is 6.27. The second-order valence-electron chi connectivity index (χ2n) is 4.81. The number of ether oxygens (including phenoxy) is 1. The molecule has 118 valence electrons. The summed E-state index contributed by atoms with van der Waals surface area (Å²) in [4.78, 5) is 36.8. The quantitative estimate of drug-likeness (QED) is 0.643. The first kappa shape index (κ1) is 15.2. The lowest BCUT2D eigenvalue weighted by molar-refractivity contribution is 0.0880. The lowest BCUT2D eigenvalue weighted by Gasteiger charge is -2.14. The summed E-state index contributed by atoms with van der Waals surface area (Å²) in [6.45, 7) is 0. The number of rotatable bonds is 3. The Morgan fingerprint density at radius 1 is 1.17 bits per heavy atom. The van der Waals surface area contributed by atoms with Crippen molar-refractivity contribution in [2.75, 3.05) is 19.1 Å². The van der Waals surface area contributed by atoms with E-state index in [1.807, 2.05) is 6.26 Å². The maximum absolute atomic E-state index is 12.4. The monoisotopic (exact) mass is 331 g/mol. The number of nitrogens with two attached hydrogens (primary N) is 1. The van der Waals surface area contributed by atoms with E-state index < -0.39 is 17.4 Å². The summed E-state index contributed by atoms with van der Waals surface area (Å²) in [6.07, 6.45) is 1.91. The maximum Gasteiger partial charge on any atom is 0.262 e. The molecule has 0 radical (unpaired) electrons. The number of hydrogen-bond acceptors (Lipinski definition) is 6.